The van der Waals surface area contributed by atoms with Crippen LogP contribution in [0.1, 0.15) is 19.4 Å². The Labute approximate surface area is 104 Å². The smallest absolute Gasteiger partial charge is 0.119 e. The lowest BCUT2D eigenvalue weighted by Gasteiger charge is -2.08. The van der Waals surface area contributed by atoms with Crippen molar-refractivity contribution in [3.05, 3.63) is 29.8 Å². The Bertz CT molecular complexity index is 302. The highest BCUT2D eigenvalue weighted by atomic mass is 16.5. The third-order valence-electron chi connectivity index (χ3n) is 2.48. The zero-order chi connectivity index (χ0) is 12.3. The summed E-state index contributed by atoms with van der Waals surface area (Å²) in [6, 6.07) is 8.20. The lowest BCUT2D eigenvalue weighted by atomic mass is 10.2. The van der Waals surface area contributed by atoms with Gasteiger partial charge in [0, 0.05) is 6.54 Å². The van der Waals surface area contributed by atoms with E-state index in [0.717, 1.165) is 31.9 Å². The molecule has 0 aliphatic rings. The van der Waals surface area contributed by atoms with Crippen molar-refractivity contribution in [3.63, 3.8) is 0 Å². The topological polar surface area (TPSA) is 30.5 Å². The quantitative estimate of drug-likeness (QED) is 0.668. The molecule has 0 saturated carbocycles. The lowest BCUT2D eigenvalue weighted by molar-refractivity contribution is 0.102. The number of benzene rings is 1. The Morgan fingerprint density at radius 2 is 2.00 bits per heavy atom. The molecule has 0 bridgehead atoms. The molecular weight excluding hydrogens is 214 g/mol. The van der Waals surface area contributed by atoms with E-state index in [-0.39, 0.29) is 0 Å². The summed E-state index contributed by atoms with van der Waals surface area (Å²) >= 11 is 0. The first kappa shape index (κ1) is 14.0. The van der Waals surface area contributed by atoms with Gasteiger partial charge in [-0.3, -0.25) is 0 Å². The minimum Gasteiger partial charge on any atom is -0.491 e. The molecule has 3 nitrogen and oxygen atoms in total. The summed E-state index contributed by atoms with van der Waals surface area (Å²) in [6.07, 6.45) is 1.04. The Morgan fingerprint density at radius 3 is 2.76 bits per heavy atom. The highest BCUT2D eigenvalue weighted by Crippen LogP contribution is 2.13. The predicted octanol–water partition coefficient (Wildman–Crippen LogP) is 2.25. The molecule has 1 aromatic carbocycles. The highest BCUT2D eigenvalue weighted by Gasteiger charge is 1.95. The van der Waals surface area contributed by atoms with Crippen molar-refractivity contribution in [3.8, 4) is 5.75 Å². The van der Waals surface area contributed by atoms with E-state index in [9.17, 15) is 0 Å². The summed E-state index contributed by atoms with van der Waals surface area (Å²) in [4.78, 5) is 0. The van der Waals surface area contributed by atoms with E-state index >= 15 is 0 Å². The Morgan fingerprint density at radius 1 is 1.12 bits per heavy atom. The molecule has 0 aliphatic heterocycles. The molecular formula is C14H23NO2. The van der Waals surface area contributed by atoms with Crippen LogP contribution >= 0.6 is 0 Å². The molecule has 1 aromatic rings. The molecule has 0 unspecified atom stereocenters. The zero-order valence-electron chi connectivity index (χ0n) is 10.9. The van der Waals surface area contributed by atoms with Crippen LogP contribution in [-0.2, 0) is 11.2 Å². The van der Waals surface area contributed by atoms with Gasteiger partial charge in [0.2, 0.25) is 0 Å². The van der Waals surface area contributed by atoms with Crippen LogP contribution in [0.4, 0.5) is 0 Å². The Hall–Kier alpha value is -1.06. The van der Waals surface area contributed by atoms with Gasteiger partial charge < -0.3 is 14.8 Å². The fourth-order valence-corrected chi connectivity index (χ4v) is 1.50. The fourth-order valence-electron chi connectivity index (χ4n) is 1.50. The summed E-state index contributed by atoms with van der Waals surface area (Å²) in [6.45, 7) is 8.12. The molecule has 0 heterocycles. The van der Waals surface area contributed by atoms with Crippen LogP contribution in [0.5, 0.6) is 5.75 Å². The molecule has 0 aromatic heterocycles. The Balaban J connectivity index is 2.09. The molecule has 0 amide bonds. The van der Waals surface area contributed by atoms with Crippen molar-refractivity contribution in [2.75, 3.05) is 32.9 Å². The maximum absolute atomic E-state index is 5.61. The second-order valence-electron chi connectivity index (χ2n) is 3.82. The number of hydrogen-bond donors (Lipinski definition) is 1. The van der Waals surface area contributed by atoms with Crippen molar-refractivity contribution in [2.45, 2.75) is 20.3 Å². The minimum absolute atomic E-state index is 0.610. The number of rotatable bonds is 9. The standard InChI is InChI=1S/C14H23NO2/c1-3-13-6-5-7-14(12-13)17-11-10-16-9-8-15-4-2/h5-7,12,15H,3-4,8-11H2,1-2H3. The number of likely N-dealkylation sites (N-methyl/N-ethyl adjacent to an activating group) is 1. The molecule has 1 rings (SSSR count). The molecule has 0 spiro atoms. The maximum Gasteiger partial charge on any atom is 0.119 e. The summed E-state index contributed by atoms with van der Waals surface area (Å²) in [7, 11) is 0. The number of ether oxygens (including phenoxy) is 2. The van der Waals surface area contributed by atoms with Crippen LogP contribution in [0.25, 0.3) is 0 Å². The number of hydrogen-bond acceptors (Lipinski definition) is 3. The molecule has 0 radical (unpaired) electrons. The van der Waals surface area contributed by atoms with Crippen molar-refractivity contribution in [1.29, 1.82) is 0 Å². The van der Waals surface area contributed by atoms with Crippen molar-refractivity contribution in [1.82, 2.24) is 5.32 Å². The predicted molar refractivity (Wildman–Crippen MR) is 70.7 cm³/mol. The van der Waals surface area contributed by atoms with Gasteiger partial charge in [0.1, 0.15) is 12.4 Å². The van der Waals surface area contributed by atoms with E-state index in [1.165, 1.54) is 5.56 Å². The first-order valence-corrected chi connectivity index (χ1v) is 6.37. The summed E-state index contributed by atoms with van der Waals surface area (Å²) < 4.78 is 11.0. The van der Waals surface area contributed by atoms with Gasteiger partial charge in [0.25, 0.3) is 0 Å². The van der Waals surface area contributed by atoms with Gasteiger partial charge in [-0.15, -0.1) is 0 Å². The van der Waals surface area contributed by atoms with Crippen LogP contribution in [0, 0.1) is 0 Å². The van der Waals surface area contributed by atoms with Gasteiger partial charge in [-0.05, 0) is 30.7 Å². The monoisotopic (exact) mass is 237 g/mol. The van der Waals surface area contributed by atoms with Crippen molar-refractivity contribution < 1.29 is 9.47 Å². The molecule has 17 heavy (non-hydrogen) atoms. The van der Waals surface area contributed by atoms with Gasteiger partial charge in [-0.1, -0.05) is 26.0 Å². The zero-order valence-corrected chi connectivity index (χ0v) is 10.9. The van der Waals surface area contributed by atoms with Crippen LogP contribution in [0.2, 0.25) is 0 Å². The normalized spacial score (nSPS) is 10.5. The van der Waals surface area contributed by atoms with E-state index in [1.54, 1.807) is 0 Å². The third-order valence-corrected chi connectivity index (χ3v) is 2.48. The molecule has 1 N–H and O–H groups in total. The summed E-state index contributed by atoms with van der Waals surface area (Å²) in [5.74, 6) is 0.930. The summed E-state index contributed by atoms with van der Waals surface area (Å²) in [5.41, 5.74) is 1.30. The van der Waals surface area contributed by atoms with Crippen LogP contribution in [-0.4, -0.2) is 32.9 Å². The Kier molecular flexibility index (Phi) is 7.43. The molecule has 0 atom stereocenters. The fraction of sp³-hybridized carbons (Fsp3) is 0.571. The molecule has 0 fully saturated rings. The van der Waals surface area contributed by atoms with Crippen molar-refractivity contribution >= 4 is 0 Å². The largest absolute Gasteiger partial charge is 0.491 e. The average molecular weight is 237 g/mol. The van der Waals surface area contributed by atoms with E-state index < -0.39 is 0 Å². The maximum atomic E-state index is 5.61. The second kappa shape index (κ2) is 9.02. The molecule has 96 valence electrons. The van der Waals surface area contributed by atoms with Crippen LogP contribution < -0.4 is 10.1 Å². The molecule has 0 saturated heterocycles. The SMILES string of the molecule is CCNCCOCCOc1cccc(CC)c1. The van der Waals surface area contributed by atoms with Gasteiger partial charge in [-0.2, -0.15) is 0 Å². The van der Waals surface area contributed by atoms with Crippen molar-refractivity contribution in [2.24, 2.45) is 0 Å². The number of nitrogens with one attached hydrogen (secondary N) is 1. The van der Waals surface area contributed by atoms with Crippen LogP contribution in [0.15, 0.2) is 24.3 Å². The highest BCUT2D eigenvalue weighted by molar-refractivity contribution is 5.28. The van der Waals surface area contributed by atoms with Crippen LogP contribution in [0.3, 0.4) is 0 Å². The van der Waals surface area contributed by atoms with E-state index in [4.69, 9.17) is 9.47 Å². The van der Waals surface area contributed by atoms with E-state index in [2.05, 4.69) is 31.3 Å². The molecule has 0 aliphatic carbocycles. The lowest BCUT2D eigenvalue weighted by Crippen LogP contribution is -2.20. The minimum atomic E-state index is 0.610. The van der Waals surface area contributed by atoms with E-state index in [1.807, 2.05) is 12.1 Å². The average Bonchev–Trinajstić information content (AvgIpc) is 2.38. The first-order chi connectivity index (χ1) is 8.36. The number of aryl methyl sites for hydroxylation is 1. The van der Waals surface area contributed by atoms with E-state index in [0.29, 0.717) is 13.2 Å². The van der Waals surface area contributed by atoms with Gasteiger partial charge >= 0.3 is 0 Å². The second-order valence-corrected chi connectivity index (χ2v) is 3.82. The van der Waals surface area contributed by atoms with Gasteiger partial charge in [0.15, 0.2) is 0 Å². The van der Waals surface area contributed by atoms with Gasteiger partial charge in [0.05, 0.1) is 13.2 Å². The first-order valence-electron chi connectivity index (χ1n) is 6.37. The van der Waals surface area contributed by atoms with Gasteiger partial charge in [-0.25, -0.2) is 0 Å². The molecule has 3 heteroatoms. The third kappa shape index (κ3) is 6.29. The summed E-state index contributed by atoms with van der Waals surface area (Å²) in [5, 5.41) is 3.21.